The Morgan fingerprint density at radius 3 is 2.56 bits per heavy atom. The lowest BCUT2D eigenvalue weighted by molar-refractivity contribution is -0.384. The van der Waals surface area contributed by atoms with Gasteiger partial charge in [-0.2, -0.15) is 5.10 Å². The molecule has 6 heteroatoms. The van der Waals surface area contributed by atoms with E-state index in [0.29, 0.717) is 5.92 Å². The smallest absolute Gasteiger partial charge is 0.258 e. The Kier molecular flexibility index (Phi) is 2.81. The minimum Gasteiger partial charge on any atom is -0.258 e. The molecular weight excluding hydrogens is 345 g/mol. The molecule has 0 atom stereocenters. The Morgan fingerprint density at radius 2 is 2.00 bits per heavy atom. The fraction of sp³-hybridized carbons (Fsp3) is 0.250. The lowest BCUT2D eigenvalue weighted by Gasteiger charge is -2.02. The second-order valence-electron chi connectivity index (χ2n) is 4.35. The van der Waals surface area contributed by atoms with Crippen molar-refractivity contribution < 1.29 is 4.92 Å². The van der Waals surface area contributed by atoms with Crippen molar-refractivity contribution in [2.24, 2.45) is 0 Å². The van der Waals surface area contributed by atoms with E-state index in [1.807, 2.05) is 4.68 Å². The number of hydrogen-bond donors (Lipinski definition) is 0. The van der Waals surface area contributed by atoms with Gasteiger partial charge in [-0.25, -0.2) is 4.68 Å². The fourth-order valence-electron chi connectivity index (χ4n) is 1.85. The predicted molar refractivity (Wildman–Crippen MR) is 74.9 cm³/mol. The molecule has 1 saturated carbocycles. The van der Waals surface area contributed by atoms with E-state index in [9.17, 15) is 10.1 Å². The molecule has 1 fully saturated rings. The zero-order valence-electron chi connectivity index (χ0n) is 9.41. The molecule has 1 aliphatic carbocycles. The first kappa shape index (κ1) is 11.6. The number of aromatic nitrogens is 2. The van der Waals surface area contributed by atoms with Crippen molar-refractivity contribution in [3.05, 3.63) is 49.8 Å². The summed E-state index contributed by atoms with van der Waals surface area (Å²) in [4.78, 5) is 10.2. The number of hydrogen-bond acceptors (Lipinski definition) is 3. The summed E-state index contributed by atoms with van der Waals surface area (Å²) >= 11 is 2.23. The van der Waals surface area contributed by atoms with E-state index < -0.39 is 4.92 Å². The van der Waals surface area contributed by atoms with Crippen LogP contribution in [0.4, 0.5) is 5.69 Å². The zero-order valence-corrected chi connectivity index (χ0v) is 11.6. The van der Waals surface area contributed by atoms with Gasteiger partial charge in [-0.3, -0.25) is 10.1 Å². The highest BCUT2D eigenvalue weighted by molar-refractivity contribution is 14.1. The van der Waals surface area contributed by atoms with E-state index in [-0.39, 0.29) is 5.69 Å². The topological polar surface area (TPSA) is 61.0 Å². The second kappa shape index (κ2) is 4.34. The average molecular weight is 355 g/mol. The van der Waals surface area contributed by atoms with Crippen molar-refractivity contribution in [1.82, 2.24) is 9.78 Å². The van der Waals surface area contributed by atoms with Crippen LogP contribution in [-0.2, 0) is 0 Å². The molecule has 5 nitrogen and oxygen atoms in total. The highest BCUT2D eigenvalue weighted by atomic mass is 127. The van der Waals surface area contributed by atoms with Crippen LogP contribution in [0, 0.1) is 13.8 Å². The van der Waals surface area contributed by atoms with Crippen molar-refractivity contribution in [3.8, 4) is 5.69 Å². The molecule has 3 rings (SSSR count). The van der Waals surface area contributed by atoms with Gasteiger partial charge in [0.2, 0.25) is 0 Å². The minimum atomic E-state index is -0.395. The quantitative estimate of drug-likeness (QED) is 0.482. The molecule has 0 unspecified atom stereocenters. The highest BCUT2D eigenvalue weighted by Crippen LogP contribution is 2.39. The molecule has 0 aliphatic heterocycles. The number of rotatable bonds is 3. The van der Waals surface area contributed by atoms with E-state index >= 15 is 0 Å². The molecular formula is C12H10IN3O2. The maximum atomic E-state index is 10.6. The van der Waals surface area contributed by atoms with Gasteiger partial charge in [0.15, 0.2) is 0 Å². The van der Waals surface area contributed by atoms with E-state index in [1.54, 1.807) is 12.1 Å². The highest BCUT2D eigenvalue weighted by Gasteiger charge is 2.27. The monoisotopic (exact) mass is 355 g/mol. The number of non-ortho nitro benzene ring substituents is 1. The Morgan fingerprint density at radius 1 is 1.33 bits per heavy atom. The van der Waals surface area contributed by atoms with Crippen molar-refractivity contribution in [2.75, 3.05) is 0 Å². The standard InChI is InChI=1S/C12H10IN3O2/c13-12-7-11(8-1-2-8)14-15(12)9-3-5-10(6-4-9)16(17)18/h3-8H,1-2H2. The van der Waals surface area contributed by atoms with Crippen LogP contribution in [0.2, 0.25) is 0 Å². The molecule has 1 aliphatic rings. The van der Waals surface area contributed by atoms with Crippen molar-refractivity contribution >= 4 is 28.3 Å². The van der Waals surface area contributed by atoms with E-state index in [1.165, 1.54) is 25.0 Å². The predicted octanol–water partition coefficient (Wildman–Crippen LogP) is 3.26. The summed E-state index contributed by atoms with van der Waals surface area (Å²) in [5.74, 6) is 0.609. The van der Waals surface area contributed by atoms with Gasteiger partial charge in [-0.1, -0.05) is 0 Å². The van der Waals surface area contributed by atoms with Crippen LogP contribution < -0.4 is 0 Å². The van der Waals surface area contributed by atoms with E-state index in [4.69, 9.17) is 0 Å². The molecule has 0 radical (unpaired) electrons. The summed E-state index contributed by atoms with van der Waals surface area (Å²) in [6, 6.07) is 8.54. The molecule has 0 amide bonds. The minimum absolute atomic E-state index is 0.100. The molecule has 0 bridgehead atoms. The third-order valence-corrected chi connectivity index (χ3v) is 3.75. The summed E-state index contributed by atoms with van der Waals surface area (Å²) in [5, 5.41) is 15.2. The van der Waals surface area contributed by atoms with Gasteiger partial charge < -0.3 is 0 Å². The van der Waals surface area contributed by atoms with Gasteiger partial charge in [-0.15, -0.1) is 0 Å². The van der Waals surface area contributed by atoms with Crippen LogP contribution in [0.1, 0.15) is 24.5 Å². The number of nitro benzene ring substituents is 1. The summed E-state index contributed by atoms with van der Waals surface area (Å²) in [7, 11) is 0. The first-order valence-corrected chi connectivity index (χ1v) is 6.73. The van der Waals surface area contributed by atoms with Crippen LogP contribution >= 0.6 is 22.6 Å². The van der Waals surface area contributed by atoms with Crippen LogP contribution in [0.5, 0.6) is 0 Å². The molecule has 0 spiro atoms. The van der Waals surface area contributed by atoms with Gasteiger partial charge in [0.25, 0.3) is 5.69 Å². The SMILES string of the molecule is O=[N+]([O-])c1ccc(-n2nc(C3CC3)cc2I)cc1. The van der Waals surface area contributed by atoms with E-state index in [2.05, 4.69) is 33.8 Å². The van der Waals surface area contributed by atoms with Crippen LogP contribution in [0.3, 0.4) is 0 Å². The van der Waals surface area contributed by atoms with Crippen LogP contribution in [0.15, 0.2) is 30.3 Å². The second-order valence-corrected chi connectivity index (χ2v) is 5.46. The van der Waals surface area contributed by atoms with Crippen molar-refractivity contribution in [1.29, 1.82) is 0 Å². The Labute approximate surface area is 117 Å². The molecule has 1 aromatic carbocycles. The largest absolute Gasteiger partial charge is 0.269 e. The van der Waals surface area contributed by atoms with Gasteiger partial charge in [0.1, 0.15) is 3.70 Å². The first-order chi connectivity index (χ1) is 8.65. The number of nitrogens with zero attached hydrogens (tertiary/aromatic N) is 3. The lowest BCUT2D eigenvalue weighted by Crippen LogP contribution is -1.99. The summed E-state index contributed by atoms with van der Waals surface area (Å²) in [6.45, 7) is 0. The Bertz CT molecular complexity index is 602. The number of nitro groups is 1. The average Bonchev–Trinajstić information content (AvgIpc) is 3.13. The van der Waals surface area contributed by atoms with Crippen LogP contribution in [0.25, 0.3) is 5.69 Å². The Balaban J connectivity index is 1.95. The number of halogens is 1. The van der Waals surface area contributed by atoms with Gasteiger partial charge in [0.05, 0.1) is 16.3 Å². The molecule has 1 heterocycles. The molecule has 92 valence electrons. The van der Waals surface area contributed by atoms with Gasteiger partial charge in [0, 0.05) is 18.1 Å². The lowest BCUT2D eigenvalue weighted by atomic mass is 10.3. The third kappa shape index (κ3) is 2.12. The fourth-order valence-corrected chi connectivity index (χ4v) is 2.56. The van der Waals surface area contributed by atoms with Crippen LogP contribution in [-0.4, -0.2) is 14.7 Å². The molecule has 0 N–H and O–H groups in total. The first-order valence-electron chi connectivity index (χ1n) is 5.65. The summed E-state index contributed by atoms with van der Waals surface area (Å²) in [5.41, 5.74) is 2.08. The molecule has 18 heavy (non-hydrogen) atoms. The Hall–Kier alpha value is -1.44. The van der Waals surface area contributed by atoms with Crippen molar-refractivity contribution in [2.45, 2.75) is 18.8 Å². The maximum absolute atomic E-state index is 10.6. The normalized spacial score (nSPS) is 14.7. The zero-order chi connectivity index (χ0) is 12.7. The maximum Gasteiger partial charge on any atom is 0.269 e. The van der Waals surface area contributed by atoms with Gasteiger partial charge >= 0.3 is 0 Å². The summed E-state index contributed by atoms with van der Waals surface area (Å²) in [6.07, 6.45) is 2.43. The third-order valence-electron chi connectivity index (χ3n) is 2.99. The molecule has 0 saturated heterocycles. The number of benzene rings is 1. The molecule has 2 aromatic rings. The van der Waals surface area contributed by atoms with Crippen molar-refractivity contribution in [3.63, 3.8) is 0 Å². The summed E-state index contributed by atoms with van der Waals surface area (Å²) < 4.78 is 2.86. The molecule has 1 aromatic heterocycles. The van der Waals surface area contributed by atoms with E-state index in [0.717, 1.165) is 15.1 Å². The van der Waals surface area contributed by atoms with Gasteiger partial charge in [-0.05, 0) is 53.6 Å².